The van der Waals surface area contributed by atoms with Gasteiger partial charge in [0.1, 0.15) is 6.10 Å². The van der Waals surface area contributed by atoms with E-state index in [4.69, 9.17) is 4.74 Å². The highest BCUT2D eigenvalue weighted by Crippen LogP contribution is 2.17. The number of esters is 1. The Morgan fingerprint density at radius 2 is 0.982 bits per heavy atom. The number of nitrogens with one attached hydrogen (secondary N) is 1. The zero-order valence-electron chi connectivity index (χ0n) is 36.8. The first-order valence-corrected chi connectivity index (χ1v) is 23.6. The zero-order valence-corrected chi connectivity index (χ0v) is 36.8. The van der Waals surface area contributed by atoms with E-state index >= 15 is 0 Å². The summed E-state index contributed by atoms with van der Waals surface area (Å²) in [5, 5.41) is 23.6. The van der Waals surface area contributed by atoms with Crippen molar-refractivity contribution in [1.29, 1.82) is 0 Å². The second-order valence-corrected chi connectivity index (χ2v) is 15.9. The van der Waals surface area contributed by atoms with Gasteiger partial charge in [0.15, 0.2) is 0 Å². The molecule has 1 amide bonds. The molecular weight excluding hydrogens is 695 g/mol. The maximum absolute atomic E-state index is 13.1. The summed E-state index contributed by atoms with van der Waals surface area (Å²) in [4.78, 5) is 26.0. The third-order valence-corrected chi connectivity index (χ3v) is 10.4. The lowest BCUT2D eigenvalue weighted by atomic mass is 10.0. The average molecular weight is 784 g/mol. The number of ether oxygens (including phenoxy) is 1. The molecular formula is C50H89NO5. The van der Waals surface area contributed by atoms with Crippen LogP contribution >= 0.6 is 0 Å². The van der Waals surface area contributed by atoms with E-state index in [9.17, 15) is 19.8 Å². The molecule has 0 radical (unpaired) electrons. The first kappa shape index (κ1) is 53.6. The molecule has 0 rings (SSSR count). The van der Waals surface area contributed by atoms with E-state index in [1.54, 1.807) is 0 Å². The van der Waals surface area contributed by atoms with E-state index in [0.29, 0.717) is 19.3 Å². The van der Waals surface area contributed by atoms with Crippen LogP contribution in [-0.4, -0.2) is 46.9 Å². The Labute approximate surface area is 346 Å². The summed E-state index contributed by atoms with van der Waals surface area (Å²) in [6, 6.07) is -0.712. The minimum absolute atomic E-state index is 0.0544. The van der Waals surface area contributed by atoms with E-state index < -0.39 is 18.2 Å². The maximum Gasteiger partial charge on any atom is 0.306 e. The lowest BCUT2D eigenvalue weighted by Crippen LogP contribution is -2.46. The number of hydrogen-bond acceptors (Lipinski definition) is 5. The van der Waals surface area contributed by atoms with Crippen LogP contribution in [0.15, 0.2) is 60.8 Å². The molecule has 3 atom stereocenters. The van der Waals surface area contributed by atoms with Crippen molar-refractivity contribution in [3.63, 3.8) is 0 Å². The van der Waals surface area contributed by atoms with Crippen molar-refractivity contribution in [2.75, 3.05) is 6.61 Å². The molecule has 0 aromatic heterocycles. The van der Waals surface area contributed by atoms with E-state index in [1.165, 1.54) is 96.3 Å². The highest BCUT2D eigenvalue weighted by Gasteiger charge is 2.24. The Hall–Kier alpha value is -2.44. The molecule has 0 aliphatic carbocycles. The summed E-state index contributed by atoms with van der Waals surface area (Å²) in [6.07, 6.45) is 52.7. The molecule has 3 unspecified atom stereocenters. The fraction of sp³-hybridized carbons (Fsp3) is 0.760. The van der Waals surface area contributed by atoms with Crippen LogP contribution < -0.4 is 5.32 Å². The number of amides is 1. The monoisotopic (exact) mass is 784 g/mol. The van der Waals surface area contributed by atoms with Crippen LogP contribution in [0.25, 0.3) is 0 Å². The molecule has 6 nitrogen and oxygen atoms in total. The molecule has 6 heteroatoms. The average Bonchev–Trinajstić information content (AvgIpc) is 3.19. The van der Waals surface area contributed by atoms with E-state index in [2.05, 4.69) is 56.5 Å². The molecule has 56 heavy (non-hydrogen) atoms. The van der Waals surface area contributed by atoms with Crippen LogP contribution in [0, 0.1) is 0 Å². The van der Waals surface area contributed by atoms with Gasteiger partial charge in [0.05, 0.1) is 25.2 Å². The molecule has 0 aliphatic rings. The number of rotatable bonds is 41. The number of allylic oxidation sites excluding steroid dienone is 10. The van der Waals surface area contributed by atoms with Crippen molar-refractivity contribution < 1.29 is 24.5 Å². The molecule has 3 N–H and O–H groups in total. The lowest BCUT2D eigenvalue weighted by molar-refractivity contribution is -0.151. The van der Waals surface area contributed by atoms with Crippen molar-refractivity contribution in [2.24, 2.45) is 0 Å². The van der Waals surface area contributed by atoms with Gasteiger partial charge in [0.2, 0.25) is 5.91 Å². The van der Waals surface area contributed by atoms with Gasteiger partial charge in [-0.2, -0.15) is 0 Å². The minimum Gasteiger partial charge on any atom is -0.462 e. The molecule has 0 heterocycles. The zero-order chi connectivity index (χ0) is 41.0. The van der Waals surface area contributed by atoms with Crippen molar-refractivity contribution in [3.05, 3.63) is 60.8 Å². The third-order valence-electron chi connectivity index (χ3n) is 10.4. The number of unbranched alkanes of at least 4 members (excludes halogenated alkanes) is 22. The maximum atomic E-state index is 13.1. The normalized spacial score (nSPS) is 13.9. The molecule has 0 saturated heterocycles. The van der Waals surface area contributed by atoms with Crippen LogP contribution in [-0.2, 0) is 14.3 Å². The fourth-order valence-electron chi connectivity index (χ4n) is 6.85. The van der Waals surface area contributed by atoms with Crippen molar-refractivity contribution in [3.8, 4) is 0 Å². The Kier molecular flexibility index (Phi) is 41.8. The van der Waals surface area contributed by atoms with Gasteiger partial charge in [-0.25, -0.2) is 0 Å². The molecule has 324 valence electrons. The van der Waals surface area contributed by atoms with Crippen LogP contribution in [0.2, 0.25) is 0 Å². The molecule has 0 aromatic carbocycles. The van der Waals surface area contributed by atoms with Crippen molar-refractivity contribution in [1.82, 2.24) is 5.32 Å². The summed E-state index contributed by atoms with van der Waals surface area (Å²) in [5.74, 6) is -0.531. The molecule has 0 fully saturated rings. The van der Waals surface area contributed by atoms with Crippen LogP contribution in [0.4, 0.5) is 0 Å². The van der Waals surface area contributed by atoms with E-state index in [-0.39, 0.29) is 24.9 Å². The predicted octanol–water partition coefficient (Wildman–Crippen LogP) is 13.7. The van der Waals surface area contributed by atoms with Gasteiger partial charge in [0.25, 0.3) is 0 Å². The minimum atomic E-state index is -0.796. The summed E-state index contributed by atoms with van der Waals surface area (Å²) >= 11 is 0. The first-order valence-electron chi connectivity index (χ1n) is 23.6. The number of aliphatic hydroxyl groups excluding tert-OH is 2. The van der Waals surface area contributed by atoms with E-state index in [0.717, 1.165) is 77.0 Å². The van der Waals surface area contributed by atoms with Crippen LogP contribution in [0.3, 0.4) is 0 Å². The summed E-state index contributed by atoms with van der Waals surface area (Å²) in [7, 11) is 0. The molecule has 0 aliphatic heterocycles. The number of aliphatic hydroxyl groups is 2. The number of carbonyl (C=O) groups is 2. The Bertz CT molecular complexity index is 1010. The van der Waals surface area contributed by atoms with Crippen LogP contribution in [0.1, 0.15) is 220 Å². The summed E-state index contributed by atoms with van der Waals surface area (Å²) < 4.78 is 5.89. The number of carbonyl (C=O) groups excluding carboxylic acids is 2. The van der Waals surface area contributed by atoms with Crippen molar-refractivity contribution >= 4 is 11.9 Å². The van der Waals surface area contributed by atoms with E-state index in [1.807, 2.05) is 30.4 Å². The topological polar surface area (TPSA) is 95.9 Å². The highest BCUT2D eigenvalue weighted by atomic mass is 16.5. The molecule has 0 spiro atoms. The number of hydrogen-bond donors (Lipinski definition) is 3. The lowest BCUT2D eigenvalue weighted by Gasteiger charge is -2.24. The second kappa shape index (κ2) is 43.7. The Morgan fingerprint density at radius 1 is 0.536 bits per heavy atom. The quantitative estimate of drug-likeness (QED) is 0.0248. The van der Waals surface area contributed by atoms with Crippen molar-refractivity contribution in [2.45, 2.75) is 238 Å². The van der Waals surface area contributed by atoms with Gasteiger partial charge in [-0.05, 0) is 70.6 Å². The Balaban J connectivity index is 4.68. The summed E-state index contributed by atoms with van der Waals surface area (Å²) in [5.41, 5.74) is 0. The van der Waals surface area contributed by atoms with Gasteiger partial charge < -0.3 is 20.3 Å². The predicted molar refractivity (Wildman–Crippen MR) is 241 cm³/mol. The van der Waals surface area contributed by atoms with Gasteiger partial charge in [-0.3, -0.25) is 9.59 Å². The Morgan fingerprint density at radius 3 is 1.54 bits per heavy atom. The molecule has 0 aromatic rings. The fourth-order valence-corrected chi connectivity index (χ4v) is 6.85. The van der Waals surface area contributed by atoms with Crippen LogP contribution in [0.5, 0.6) is 0 Å². The largest absolute Gasteiger partial charge is 0.462 e. The standard InChI is InChI=1S/C50H89NO5/c1-4-7-10-13-16-19-22-24-27-29-32-35-38-41-46(56-50(55)43-40-37-34-31-28-25-23-20-17-14-11-8-5-2)44-49(54)51-47(45-52)48(53)42-39-36-33-30-26-21-18-15-12-9-6-3/h8,11,14,17,19-20,22-23,25,28,46-48,52-53H,4-7,9-10,12-13,15-16,18,21,24,26-27,29-45H2,1-3H3,(H,51,54)/b11-8+,17-14+,22-19-,23-20-,28-25-. The van der Waals surface area contributed by atoms with Gasteiger partial charge in [-0.1, -0.05) is 197 Å². The smallest absolute Gasteiger partial charge is 0.306 e. The van der Waals surface area contributed by atoms with Gasteiger partial charge in [0, 0.05) is 6.42 Å². The SMILES string of the molecule is CC/C=C/C=C/C=C\C=C/CCCCCC(=O)OC(CCCCCCC/C=C\CCCCCC)CC(=O)NC(CO)C(O)CCCCCCCCCCCCC. The second-order valence-electron chi connectivity index (χ2n) is 15.9. The van der Waals surface area contributed by atoms with Gasteiger partial charge in [-0.15, -0.1) is 0 Å². The third kappa shape index (κ3) is 38.4. The summed E-state index contributed by atoms with van der Waals surface area (Å²) in [6.45, 7) is 6.30. The first-order chi connectivity index (χ1) is 27.5. The van der Waals surface area contributed by atoms with Gasteiger partial charge >= 0.3 is 5.97 Å². The molecule has 0 bridgehead atoms. The highest BCUT2D eigenvalue weighted by molar-refractivity contribution is 5.77. The molecule has 0 saturated carbocycles.